The van der Waals surface area contributed by atoms with Gasteiger partial charge in [-0.05, 0) is 47.4 Å². The normalized spacial score (nSPS) is 10.4. The molecule has 16 heavy (non-hydrogen) atoms. The molecule has 2 rings (SSSR count). The Labute approximate surface area is 104 Å². The van der Waals surface area contributed by atoms with E-state index >= 15 is 0 Å². The van der Waals surface area contributed by atoms with Gasteiger partial charge in [-0.15, -0.1) is 0 Å². The smallest absolute Gasteiger partial charge is 0.0346 e. The van der Waals surface area contributed by atoms with Gasteiger partial charge in [0.05, 0.1) is 0 Å². The molecule has 0 heterocycles. The number of aryl methyl sites for hydroxylation is 1. The summed E-state index contributed by atoms with van der Waals surface area (Å²) in [6.07, 6.45) is 0.968. The molecule has 0 fully saturated rings. The van der Waals surface area contributed by atoms with Crippen LogP contribution in [-0.2, 0) is 6.42 Å². The van der Waals surface area contributed by atoms with E-state index in [1.807, 2.05) is 6.07 Å². The standard InChI is InChI=1S/C14H14BrN/c1-2-10-9-12(5-8-14(10)16)11-3-6-13(15)7-4-11/h3-9H,2,16H2,1H3. The zero-order valence-corrected chi connectivity index (χ0v) is 10.8. The van der Waals surface area contributed by atoms with E-state index in [4.69, 9.17) is 5.73 Å². The van der Waals surface area contributed by atoms with Gasteiger partial charge in [0.2, 0.25) is 0 Å². The molecule has 2 heteroatoms. The molecule has 0 aromatic heterocycles. The Bertz CT molecular complexity index is 489. The lowest BCUT2D eigenvalue weighted by molar-refractivity contribution is 1.15. The summed E-state index contributed by atoms with van der Waals surface area (Å²) in [4.78, 5) is 0. The topological polar surface area (TPSA) is 26.0 Å². The van der Waals surface area contributed by atoms with Gasteiger partial charge >= 0.3 is 0 Å². The van der Waals surface area contributed by atoms with Crippen LogP contribution >= 0.6 is 15.9 Å². The number of anilines is 1. The van der Waals surface area contributed by atoms with Gasteiger partial charge in [-0.25, -0.2) is 0 Å². The molecule has 0 saturated carbocycles. The van der Waals surface area contributed by atoms with E-state index in [0.717, 1.165) is 16.6 Å². The third-order valence-electron chi connectivity index (χ3n) is 2.70. The van der Waals surface area contributed by atoms with Crippen LogP contribution < -0.4 is 5.73 Å². The molecule has 82 valence electrons. The van der Waals surface area contributed by atoms with Crippen molar-refractivity contribution in [1.82, 2.24) is 0 Å². The van der Waals surface area contributed by atoms with E-state index in [-0.39, 0.29) is 0 Å². The minimum absolute atomic E-state index is 0.878. The summed E-state index contributed by atoms with van der Waals surface area (Å²) >= 11 is 3.44. The average molecular weight is 276 g/mol. The lowest BCUT2D eigenvalue weighted by atomic mass is 10.0. The molecule has 0 aliphatic rings. The summed E-state index contributed by atoms with van der Waals surface area (Å²) < 4.78 is 1.10. The lowest BCUT2D eigenvalue weighted by Gasteiger charge is -2.07. The zero-order chi connectivity index (χ0) is 11.5. The van der Waals surface area contributed by atoms with Gasteiger partial charge in [0.25, 0.3) is 0 Å². The van der Waals surface area contributed by atoms with Crippen LogP contribution in [0.25, 0.3) is 11.1 Å². The maximum atomic E-state index is 5.89. The molecule has 0 atom stereocenters. The number of nitrogens with two attached hydrogens (primary N) is 1. The van der Waals surface area contributed by atoms with Crippen molar-refractivity contribution < 1.29 is 0 Å². The largest absolute Gasteiger partial charge is 0.399 e. The first-order valence-electron chi connectivity index (χ1n) is 5.35. The van der Waals surface area contributed by atoms with Gasteiger partial charge in [0, 0.05) is 10.2 Å². The maximum Gasteiger partial charge on any atom is 0.0346 e. The second-order valence-corrected chi connectivity index (χ2v) is 4.69. The second-order valence-electron chi connectivity index (χ2n) is 3.77. The summed E-state index contributed by atoms with van der Waals surface area (Å²) in [5.74, 6) is 0. The van der Waals surface area contributed by atoms with E-state index in [1.165, 1.54) is 16.7 Å². The summed E-state index contributed by atoms with van der Waals surface area (Å²) in [5.41, 5.74) is 10.4. The first-order chi connectivity index (χ1) is 7.70. The highest BCUT2D eigenvalue weighted by Crippen LogP contribution is 2.25. The maximum absolute atomic E-state index is 5.89. The van der Waals surface area contributed by atoms with Gasteiger partial charge < -0.3 is 5.73 Å². The third-order valence-corrected chi connectivity index (χ3v) is 3.23. The van der Waals surface area contributed by atoms with Crippen molar-refractivity contribution in [2.75, 3.05) is 5.73 Å². The van der Waals surface area contributed by atoms with Crippen molar-refractivity contribution >= 4 is 21.6 Å². The molecule has 2 aromatic rings. The van der Waals surface area contributed by atoms with E-state index in [9.17, 15) is 0 Å². The highest BCUT2D eigenvalue weighted by atomic mass is 79.9. The molecule has 0 unspecified atom stereocenters. The quantitative estimate of drug-likeness (QED) is 0.815. The van der Waals surface area contributed by atoms with Crippen LogP contribution in [0.5, 0.6) is 0 Å². The molecule has 2 N–H and O–H groups in total. The number of hydrogen-bond acceptors (Lipinski definition) is 1. The monoisotopic (exact) mass is 275 g/mol. The van der Waals surface area contributed by atoms with Crippen LogP contribution in [-0.4, -0.2) is 0 Å². The predicted octanol–water partition coefficient (Wildman–Crippen LogP) is 4.26. The fourth-order valence-electron chi connectivity index (χ4n) is 1.73. The van der Waals surface area contributed by atoms with Crippen LogP contribution in [0, 0.1) is 0 Å². The predicted molar refractivity (Wildman–Crippen MR) is 73.4 cm³/mol. The van der Waals surface area contributed by atoms with Crippen molar-refractivity contribution in [3.8, 4) is 11.1 Å². The number of rotatable bonds is 2. The molecule has 0 radical (unpaired) electrons. The van der Waals surface area contributed by atoms with Gasteiger partial charge in [0.1, 0.15) is 0 Å². The van der Waals surface area contributed by atoms with Crippen LogP contribution in [0.2, 0.25) is 0 Å². The minimum Gasteiger partial charge on any atom is -0.399 e. The summed E-state index contributed by atoms with van der Waals surface area (Å²) in [6, 6.07) is 14.5. The zero-order valence-electron chi connectivity index (χ0n) is 9.20. The first-order valence-corrected chi connectivity index (χ1v) is 6.14. The molecule has 0 bridgehead atoms. The highest BCUT2D eigenvalue weighted by Gasteiger charge is 2.01. The number of nitrogen functional groups attached to an aromatic ring is 1. The van der Waals surface area contributed by atoms with Gasteiger partial charge in [-0.2, -0.15) is 0 Å². The number of halogens is 1. The Morgan fingerprint density at radius 1 is 1.00 bits per heavy atom. The Balaban J connectivity index is 2.44. The van der Waals surface area contributed by atoms with E-state index in [0.29, 0.717) is 0 Å². The van der Waals surface area contributed by atoms with Crippen molar-refractivity contribution in [3.63, 3.8) is 0 Å². The lowest BCUT2D eigenvalue weighted by Crippen LogP contribution is -1.92. The van der Waals surface area contributed by atoms with E-state index in [1.54, 1.807) is 0 Å². The fourth-order valence-corrected chi connectivity index (χ4v) is 2.00. The molecular weight excluding hydrogens is 262 g/mol. The van der Waals surface area contributed by atoms with Crippen molar-refractivity contribution in [3.05, 3.63) is 52.5 Å². The highest BCUT2D eigenvalue weighted by molar-refractivity contribution is 9.10. The summed E-state index contributed by atoms with van der Waals surface area (Å²) in [6.45, 7) is 2.12. The molecule has 0 aliphatic heterocycles. The molecule has 0 amide bonds. The Morgan fingerprint density at radius 2 is 1.62 bits per heavy atom. The SMILES string of the molecule is CCc1cc(-c2ccc(Br)cc2)ccc1N. The van der Waals surface area contributed by atoms with Crippen LogP contribution in [0.3, 0.4) is 0 Å². The second kappa shape index (κ2) is 4.71. The Kier molecular flexibility index (Phi) is 3.30. The van der Waals surface area contributed by atoms with Gasteiger partial charge in [-0.1, -0.05) is 41.1 Å². The number of benzene rings is 2. The van der Waals surface area contributed by atoms with Crippen LogP contribution in [0.4, 0.5) is 5.69 Å². The third kappa shape index (κ3) is 2.27. The number of hydrogen-bond donors (Lipinski definition) is 1. The van der Waals surface area contributed by atoms with Crippen molar-refractivity contribution in [2.45, 2.75) is 13.3 Å². The van der Waals surface area contributed by atoms with Gasteiger partial charge in [-0.3, -0.25) is 0 Å². The molecule has 1 nitrogen and oxygen atoms in total. The Morgan fingerprint density at radius 3 is 2.25 bits per heavy atom. The first kappa shape index (κ1) is 11.2. The molecule has 0 saturated heterocycles. The molecular formula is C14H14BrN. The van der Waals surface area contributed by atoms with Crippen LogP contribution in [0.1, 0.15) is 12.5 Å². The molecule has 0 spiro atoms. The van der Waals surface area contributed by atoms with Crippen molar-refractivity contribution in [2.24, 2.45) is 0 Å². The average Bonchev–Trinajstić information content (AvgIpc) is 2.31. The van der Waals surface area contributed by atoms with E-state index in [2.05, 4.69) is 59.3 Å². The minimum atomic E-state index is 0.878. The van der Waals surface area contributed by atoms with Crippen LogP contribution in [0.15, 0.2) is 46.9 Å². The van der Waals surface area contributed by atoms with Crippen molar-refractivity contribution in [1.29, 1.82) is 0 Å². The van der Waals surface area contributed by atoms with E-state index < -0.39 is 0 Å². The summed E-state index contributed by atoms with van der Waals surface area (Å²) in [5, 5.41) is 0. The summed E-state index contributed by atoms with van der Waals surface area (Å²) in [7, 11) is 0. The fraction of sp³-hybridized carbons (Fsp3) is 0.143. The molecule has 2 aromatic carbocycles. The Hall–Kier alpha value is -1.28. The molecule has 0 aliphatic carbocycles. The van der Waals surface area contributed by atoms with Gasteiger partial charge in [0.15, 0.2) is 0 Å².